The number of hydrogen-bond donors (Lipinski definition) is 2. The first-order valence-electron chi connectivity index (χ1n) is 11.3. The molecule has 1 amide bonds. The number of H-pyrrole nitrogens is 1. The van der Waals surface area contributed by atoms with Crippen molar-refractivity contribution in [2.75, 3.05) is 13.7 Å². The Balaban J connectivity index is 1.86. The molecule has 0 saturated carbocycles. The Hall–Kier alpha value is -3.09. The van der Waals surface area contributed by atoms with Gasteiger partial charge in [0.2, 0.25) is 0 Å². The third-order valence-corrected chi connectivity index (χ3v) is 5.71. The lowest BCUT2D eigenvalue weighted by molar-refractivity contribution is 0.0933. The average molecular weight is 436 g/mol. The molecule has 170 valence electrons. The summed E-state index contributed by atoms with van der Waals surface area (Å²) in [6.45, 7) is 11.3. The summed E-state index contributed by atoms with van der Waals surface area (Å²) < 4.78 is 7.84. The summed E-state index contributed by atoms with van der Waals surface area (Å²) >= 11 is 0. The monoisotopic (exact) mass is 435 g/mol. The summed E-state index contributed by atoms with van der Waals surface area (Å²) in [5.74, 6) is 2.03. The van der Waals surface area contributed by atoms with Gasteiger partial charge in [0.1, 0.15) is 17.3 Å². The van der Waals surface area contributed by atoms with Gasteiger partial charge >= 0.3 is 0 Å². The summed E-state index contributed by atoms with van der Waals surface area (Å²) in [5.41, 5.74) is 5.73. The van der Waals surface area contributed by atoms with Gasteiger partial charge in [-0.2, -0.15) is 5.10 Å². The van der Waals surface area contributed by atoms with Crippen molar-refractivity contribution < 1.29 is 9.53 Å². The fourth-order valence-corrected chi connectivity index (χ4v) is 4.23. The fraction of sp³-hybridized carbons (Fsp3) is 0.480. The van der Waals surface area contributed by atoms with E-state index in [-0.39, 0.29) is 11.3 Å². The first-order chi connectivity index (χ1) is 15.2. The van der Waals surface area contributed by atoms with Gasteiger partial charge in [0, 0.05) is 12.7 Å². The Kier molecular flexibility index (Phi) is 5.84. The second kappa shape index (κ2) is 8.45. The van der Waals surface area contributed by atoms with E-state index in [1.54, 1.807) is 13.3 Å². The number of aromatic amines is 1. The van der Waals surface area contributed by atoms with Crippen LogP contribution in [0.5, 0.6) is 5.75 Å². The maximum atomic E-state index is 13.1. The first kappa shape index (κ1) is 22.1. The second-order valence-corrected chi connectivity index (χ2v) is 10.2. The van der Waals surface area contributed by atoms with Gasteiger partial charge in [0.25, 0.3) is 5.91 Å². The lowest BCUT2D eigenvalue weighted by Gasteiger charge is -2.24. The van der Waals surface area contributed by atoms with Crippen LogP contribution in [-0.4, -0.2) is 39.3 Å². The zero-order valence-corrected chi connectivity index (χ0v) is 19.9. The molecule has 4 rings (SSSR count). The van der Waals surface area contributed by atoms with Crippen LogP contribution in [0.25, 0.3) is 17.1 Å². The van der Waals surface area contributed by atoms with E-state index in [2.05, 4.69) is 66.8 Å². The van der Waals surface area contributed by atoms with Crippen LogP contribution >= 0.6 is 0 Å². The Morgan fingerprint density at radius 3 is 2.69 bits per heavy atom. The molecule has 1 aliphatic rings. The summed E-state index contributed by atoms with van der Waals surface area (Å²) in [4.78, 5) is 18.0. The molecule has 0 radical (unpaired) electrons. The highest BCUT2D eigenvalue weighted by atomic mass is 16.5. The van der Waals surface area contributed by atoms with Crippen LogP contribution in [0.4, 0.5) is 0 Å². The Bertz CT molecular complexity index is 1120. The van der Waals surface area contributed by atoms with Crippen molar-refractivity contribution >= 4 is 5.91 Å². The zero-order valence-electron chi connectivity index (χ0n) is 19.9. The van der Waals surface area contributed by atoms with Crippen LogP contribution < -0.4 is 10.1 Å². The third kappa shape index (κ3) is 4.29. The molecule has 2 N–H and O–H groups in total. The zero-order chi connectivity index (χ0) is 23.0. The number of benzene rings is 1. The van der Waals surface area contributed by atoms with Gasteiger partial charge in [-0.25, -0.2) is 4.98 Å². The highest BCUT2D eigenvalue weighted by Gasteiger charge is 2.30. The molecule has 7 heteroatoms. The lowest BCUT2D eigenvalue weighted by atomic mass is 9.94. The summed E-state index contributed by atoms with van der Waals surface area (Å²) in [6.07, 6.45) is 6.06. The van der Waals surface area contributed by atoms with Crippen LogP contribution in [0.3, 0.4) is 0 Å². The van der Waals surface area contributed by atoms with E-state index in [1.165, 1.54) is 11.1 Å². The molecule has 3 aromatic rings. The molecule has 2 aromatic heterocycles. The SMILES string of the molecule is COc1cc2c(cc1CC(C)C)-n1c(-c3cn[nH]c3)nc(C(=O)NCC(C)(C)C)c1CC2. The second-order valence-electron chi connectivity index (χ2n) is 10.2. The molecule has 0 atom stereocenters. The number of ether oxygens (including phenoxy) is 1. The van der Waals surface area contributed by atoms with Crippen molar-refractivity contribution in [1.29, 1.82) is 0 Å². The predicted molar refractivity (Wildman–Crippen MR) is 125 cm³/mol. The summed E-state index contributed by atoms with van der Waals surface area (Å²) in [6, 6.07) is 4.35. The quantitative estimate of drug-likeness (QED) is 0.603. The highest BCUT2D eigenvalue weighted by Crippen LogP contribution is 2.37. The number of imidazole rings is 1. The minimum atomic E-state index is -0.127. The Morgan fingerprint density at radius 2 is 2.06 bits per heavy atom. The Morgan fingerprint density at radius 1 is 1.28 bits per heavy atom. The molecule has 0 aliphatic carbocycles. The number of hydrogen-bond acceptors (Lipinski definition) is 4. The van der Waals surface area contributed by atoms with Crippen molar-refractivity contribution in [3.63, 3.8) is 0 Å². The van der Waals surface area contributed by atoms with E-state index in [0.717, 1.165) is 47.8 Å². The van der Waals surface area contributed by atoms with Crippen molar-refractivity contribution in [3.8, 4) is 22.8 Å². The smallest absolute Gasteiger partial charge is 0.271 e. The number of methoxy groups -OCH3 is 1. The largest absolute Gasteiger partial charge is 0.496 e. The van der Waals surface area contributed by atoms with Crippen LogP contribution in [0.1, 0.15) is 61.9 Å². The average Bonchev–Trinajstić information content (AvgIpc) is 3.38. The van der Waals surface area contributed by atoms with E-state index in [9.17, 15) is 4.79 Å². The molecule has 32 heavy (non-hydrogen) atoms. The number of amides is 1. The number of aromatic nitrogens is 4. The molecule has 1 aromatic carbocycles. The molecule has 7 nitrogen and oxygen atoms in total. The molecule has 0 saturated heterocycles. The molecule has 0 fully saturated rings. The standard InChI is InChI=1S/C25H33N5O2/c1-15(2)9-17-10-20-16(11-21(17)32-6)7-8-19-22(24(31)26-14-25(3,4)5)29-23(30(19)20)18-12-27-28-13-18/h10-13,15H,7-9,14H2,1-6H3,(H,26,31)(H,27,28). The first-order valence-corrected chi connectivity index (χ1v) is 11.3. The van der Waals surface area contributed by atoms with Crippen LogP contribution in [0, 0.1) is 11.3 Å². The van der Waals surface area contributed by atoms with Crippen LogP contribution in [0.15, 0.2) is 24.5 Å². The van der Waals surface area contributed by atoms with E-state index in [4.69, 9.17) is 9.72 Å². The number of carbonyl (C=O) groups is 1. The van der Waals surface area contributed by atoms with E-state index < -0.39 is 0 Å². The highest BCUT2D eigenvalue weighted by molar-refractivity contribution is 5.94. The summed E-state index contributed by atoms with van der Waals surface area (Å²) in [5, 5.41) is 10.1. The van der Waals surface area contributed by atoms with E-state index >= 15 is 0 Å². The van der Waals surface area contributed by atoms with Crippen molar-refractivity contribution in [1.82, 2.24) is 25.1 Å². The number of carbonyl (C=O) groups excluding carboxylic acids is 1. The van der Waals surface area contributed by atoms with Gasteiger partial charge in [-0.15, -0.1) is 0 Å². The van der Waals surface area contributed by atoms with Gasteiger partial charge in [0.15, 0.2) is 0 Å². The molecular formula is C25H33N5O2. The fourth-order valence-electron chi connectivity index (χ4n) is 4.23. The maximum absolute atomic E-state index is 13.1. The molecule has 0 bridgehead atoms. The number of rotatable bonds is 6. The van der Waals surface area contributed by atoms with Crippen molar-refractivity contribution in [3.05, 3.63) is 47.0 Å². The topological polar surface area (TPSA) is 84.8 Å². The predicted octanol–water partition coefficient (Wildman–Crippen LogP) is 4.34. The molecule has 1 aliphatic heterocycles. The number of nitrogens with zero attached hydrogens (tertiary/aromatic N) is 3. The molecule has 0 spiro atoms. The van der Waals surface area contributed by atoms with Gasteiger partial charge in [0.05, 0.1) is 30.3 Å². The van der Waals surface area contributed by atoms with E-state index in [0.29, 0.717) is 18.2 Å². The van der Waals surface area contributed by atoms with Crippen LogP contribution in [0.2, 0.25) is 0 Å². The third-order valence-electron chi connectivity index (χ3n) is 5.71. The maximum Gasteiger partial charge on any atom is 0.271 e. The van der Waals surface area contributed by atoms with Crippen molar-refractivity contribution in [2.24, 2.45) is 11.3 Å². The van der Waals surface area contributed by atoms with Gasteiger partial charge < -0.3 is 10.1 Å². The van der Waals surface area contributed by atoms with Gasteiger partial charge in [-0.1, -0.05) is 34.6 Å². The molecule has 0 unspecified atom stereocenters. The van der Waals surface area contributed by atoms with Crippen LogP contribution in [-0.2, 0) is 19.3 Å². The molecular weight excluding hydrogens is 402 g/mol. The van der Waals surface area contributed by atoms with Crippen molar-refractivity contribution in [2.45, 2.75) is 53.9 Å². The van der Waals surface area contributed by atoms with Gasteiger partial charge in [-0.05, 0) is 53.9 Å². The van der Waals surface area contributed by atoms with Gasteiger partial charge in [-0.3, -0.25) is 14.5 Å². The van der Waals surface area contributed by atoms with E-state index in [1.807, 2.05) is 6.20 Å². The molecule has 3 heterocycles. The summed E-state index contributed by atoms with van der Waals surface area (Å²) in [7, 11) is 1.73. The number of fused-ring (bicyclic) bond motifs is 3. The Labute approximate surface area is 189 Å². The minimum absolute atomic E-state index is 0.00224. The normalized spacial score (nSPS) is 13.1. The number of aryl methyl sites for hydroxylation is 1. The number of nitrogens with one attached hydrogen (secondary N) is 2. The minimum Gasteiger partial charge on any atom is -0.496 e. The lowest BCUT2D eigenvalue weighted by Crippen LogP contribution is -2.33.